The lowest BCUT2D eigenvalue weighted by atomic mass is 9.88. The highest BCUT2D eigenvalue weighted by Crippen LogP contribution is 2.35. The molecule has 1 fully saturated rings. The molecule has 0 spiro atoms. The number of ketones is 1. The second-order valence-electron chi connectivity index (χ2n) is 3.85. The number of allylic oxidation sites excluding steroid dienone is 1. The second-order valence-corrected chi connectivity index (χ2v) is 4.23. The van der Waals surface area contributed by atoms with Crippen molar-refractivity contribution in [1.29, 1.82) is 0 Å². The summed E-state index contributed by atoms with van der Waals surface area (Å²) < 4.78 is 0. The maximum atomic E-state index is 11.3. The van der Waals surface area contributed by atoms with Crippen molar-refractivity contribution in [2.24, 2.45) is 11.8 Å². The summed E-state index contributed by atoms with van der Waals surface area (Å²) in [5, 5.41) is 0. The van der Waals surface area contributed by atoms with Crippen molar-refractivity contribution in [3.63, 3.8) is 0 Å². The van der Waals surface area contributed by atoms with E-state index in [1.807, 2.05) is 6.92 Å². The van der Waals surface area contributed by atoms with E-state index in [0.717, 1.165) is 25.7 Å². The van der Waals surface area contributed by atoms with Crippen molar-refractivity contribution < 1.29 is 4.79 Å². The van der Waals surface area contributed by atoms with E-state index in [-0.39, 0.29) is 5.92 Å². The molecular weight excluding hydrogens is 184 g/mol. The fraction of sp³-hybridized carbons (Fsp3) is 0.727. The van der Waals surface area contributed by atoms with E-state index in [4.69, 9.17) is 11.6 Å². The number of rotatable bonds is 4. The van der Waals surface area contributed by atoms with Crippen LogP contribution in [0.5, 0.6) is 0 Å². The zero-order valence-electron chi connectivity index (χ0n) is 8.18. The Morgan fingerprint density at radius 3 is 2.85 bits per heavy atom. The number of Topliss-reactive ketones (excluding diaryl/α,β-unsaturated/α-hetero) is 1. The molecule has 0 radical (unpaired) electrons. The molecule has 0 amide bonds. The molecule has 1 saturated carbocycles. The smallest absolute Gasteiger partial charge is 0.136 e. The summed E-state index contributed by atoms with van der Waals surface area (Å²) in [6.45, 7) is 6.07. The summed E-state index contributed by atoms with van der Waals surface area (Å²) in [5.41, 5.74) is 1.22. The lowest BCUT2D eigenvalue weighted by molar-refractivity contribution is -0.120. The van der Waals surface area contributed by atoms with Gasteiger partial charge in [-0.2, -0.15) is 0 Å². The van der Waals surface area contributed by atoms with Gasteiger partial charge in [-0.25, -0.2) is 0 Å². The highest BCUT2D eigenvalue weighted by atomic mass is 35.5. The molecule has 74 valence electrons. The second kappa shape index (κ2) is 4.80. The summed E-state index contributed by atoms with van der Waals surface area (Å²) in [7, 11) is 0. The summed E-state index contributed by atoms with van der Waals surface area (Å²) in [6, 6.07) is 0. The molecule has 2 unspecified atom stereocenters. The van der Waals surface area contributed by atoms with Crippen molar-refractivity contribution in [3.8, 4) is 0 Å². The lowest BCUT2D eigenvalue weighted by Crippen LogP contribution is -2.12. The third-order valence-corrected chi connectivity index (χ3v) is 3.24. The molecule has 1 nitrogen and oxygen atoms in total. The summed E-state index contributed by atoms with van der Waals surface area (Å²) >= 11 is 5.61. The van der Waals surface area contributed by atoms with E-state index in [9.17, 15) is 4.79 Å². The summed E-state index contributed by atoms with van der Waals surface area (Å²) in [5.74, 6) is 1.71. The molecule has 2 atom stereocenters. The van der Waals surface area contributed by atoms with Gasteiger partial charge in [-0.05, 0) is 25.2 Å². The average molecular weight is 201 g/mol. The maximum absolute atomic E-state index is 11.3. The van der Waals surface area contributed by atoms with Gasteiger partial charge in [0.1, 0.15) is 5.78 Å². The van der Waals surface area contributed by atoms with Crippen molar-refractivity contribution in [3.05, 3.63) is 12.2 Å². The first-order valence-corrected chi connectivity index (χ1v) is 5.46. The van der Waals surface area contributed by atoms with Gasteiger partial charge < -0.3 is 0 Å². The van der Waals surface area contributed by atoms with Crippen LogP contribution in [-0.4, -0.2) is 11.7 Å². The molecule has 13 heavy (non-hydrogen) atoms. The van der Waals surface area contributed by atoms with Crippen LogP contribution in [0, 0.1) is 11.8 Å². The maximum Gasteiger partial charge on any atom is 0.136 e. The standard InChI is InChI=1S/C11H17ClO/c1-8(4-3-7-12)10-5-6-11(13)9(10)2/h9-10H,1,3-7H2,2H3. The van der Waals surface area contributed by atoms with Gasteiger partial charge in [-0.1, -0.05) is 19.1 Å². The SMILES string of the molecule is C=C(CCCCl)C1CCC(=O)C1C. The number of hydrogen-bond donors (Lipinski definition) is 0. The Bertz CT molecular complexity index is 210. The van der Waals surface area contributed by atoms with E-state index in [1.165, 1.54) is 5.57 Å². The van der Waals surface area contributed by atoms with Crippen molar-refractivity contribution in [2.45, 2.75) is 32.6 Å². The topological polar surface area (TPSA) is 17.1 Å². The van der Waals surface area contributed by atoms with Crippen LogP contribution in [0.15, 0.2) is 12.2 Å². The highest BCUT2D eigenvalue weighted by Gasteiger charge is 2.31. The zero-order chi connectivity index (χ0) is 9.84. The van der Waals surface area contributed by atoms with Crippen molar-refractivity contribution in [1.82, 2.24) is 0 Å². The van der Waals surface area contributed by atoms with Gasteiger partial charge in [0.15, 0.2) is 0 Å². The third-order valence-electron chi connectivity index (χ3n) is 2.97. The Morgan fingerprint density at radius 2 is 2.38 bits per heavy atom. The molecule has 1 aliphatic carbocycles. The molecular formula is C11H17ClO. The van der Waals surface area contributed by atoms with E-state index >= 15 is 0 Å². The Morgan fingerprint density at radius 1 is 1.69 bits per heavy atom. The Balaban J connectivity index is 2.43. The predicted molar refractivity (Wildman–Crippen MR) is 56.0 cm³/mol. The van der Waals surface area contributed by atoms with Crippen molar-refractivity contribution >= 4 is 17.4 Å². The molecule has 0 heterocycles. The first-order chi connectivity index (χ1) is 6.16. The minimum absolute atomic E-state index is 0.197. The van der Waals surface area contributed by atoms with Crippen LogP contribution in [-0.2, 0) is 4.79 Å². The van der Waals surface area contributed by atoms with Gasteiger partial charge in [0.2, 0.25) is 0 Å². The van der Waals surface area contributed by atoms with E-state index in [0.29, 0.717) is 17.6 Å². The van der Waals surface area contributed by atoms with Crippen LogP contribution in [0.4, 0.5) is 0 Å². The lowest BCUT2D eigenvalue weighted by Gasteiger charge is -2.16. The Labute approximate surface area is 85.2 Å². The van der Waals surface area contributed by atoms with Gasteiger partial charge in [0.25, 0.3) is 0 Å². The van der Waals surface area contributed by atoms with Gasteiger partial charge >= 0.3 is 0 Å². The quantitative estimate of drug-likeness (QED) is 0.503. The molecule has 0 N–H and O–H groups in total. The molecule has 1 aliphatic rings. The van der Waals surface area contributed by atoms with Crippen molar-refractivity contribution in [2.75, 3.05) is 5.88 Å². The fourth-order valence-electron chi connectivity index (χ4n) is 2.04. The Hall–Kier alpha value is -0.300. The molecule has 0 aromatic carbocycles. The summed E-state index contributed by atoms with van der Waals surface area (Å²) in [4.78, 5) is 11.3. The normalized spacial score (nSPS) is 28.0. The molecule has 0 aliphatic heterocycles. The van der Waals surface area contributed by atoms with Crippen LogP contribution in [0.3, 0.4) is 0 Å². The van der Waals surface area contributed by atoms with Gasteiger partial charge in [-0.15, -0.1) is 11.6 Å². The van der Waals surface area contributed by atoms with Crippen LogP contribution < -0.4 is 0 Å². The van der Waals surface area contributed by atoms with Gasteiger partial charge in [0, 0.05) is 18.2 Å². The van der Waals surface area contributed by atoms with Gasteiger partial charge in [-0.3, -0.25) is 4.79 Å². The molecule has 0 aromatic heterocycles. The molecule has 2 heteroatoms. The largest absolute Gasteiger partial charge is 0.299 e. The van der Waals surface area contributed by atoms with Gasteiger partial charge in [0.05, 0.1) is 0 Å². The fourth-order valence-corrected chi connectivity index (χ4v) is 2.17. The average Bonchev–Trinajstić information content (AvgIpc) is 2.44. The number of carbonyl (C=O) groups is 1. The number of halogens is 1. The third kappa shape index (κ3) is 2.57. The molecule has 0 saturated heterocycles. The molecule has 1 rings (SSSR count). The molecule has 0 bridgehead atoms. The van der Waals surface area contributed by atoms with E-state index < -0.39 is 0 Å². The van der Waals surface area contributed by atoms with E-state index in [1.54, 1.807) is 0 Å². The minimum atomic E-state index is 0.197. The highest BCUT2D eigenvalue weighted by molar-refractivity contribution is 6.17. The Kier molecular flexibility index (Phi) is 3.98. The number of alkyl halides is 1. The minimum Gasteiger partial charge on any atom is -0.299 e. The van der Waals surface area contributed by atoms with Crippen LogP contribution in [0.25, 0.3) is 0 Å². The predicted octanol–water partition coefficient (Wildman–Crippen LogP) is 3.18. The first kappa shape index (κ1) is 10.8. The van der Waals surface area contributed by atoms with Crippen LogP contribution in [0.2, 0.25) is 0 Å². The molecule has 0 aromatic rings. The number of carbonyl (C=O) groups excluding carboxylic acids is 1. The first-order valence-electron chi connectivity index (χ1n) is 4.93. The summed E-state index contributed by atoms with van der Waals surface area (Å²) in [6.07, 6.45) is 3.70. The zero-order valence-corrected chi connectivity index (χ0v) is 8.94. The number of hydrogen-bond acceptors (Lipinski definition) is 1. The van der Waals surface area contributed by atoms with Crippen LogP contribution in [0.1, 0.15) is 32.6 Å². The van der Waals surface area contributed by atoms with E-state index in [2.05, 4.69) is 6.58 Å². The van der Waals surface area contributed by atoms with Crippen LogP contribution >= 0.6 is 11.6 Å². The monoisotopic (exact) mass is 200 g/mol.